The number of aromatic nitrogens is 3. The molecule has 0 aromatic carbocycles. The van der Waals surface area contributed by atoms with Crippen LogP contribution in [0.1, 0.15) is 36.7 Å². The fraction of sp³-hybridized carbons (Fsp3) is 0.429. The first kappa shape index (κ1) is 13.7. The van der Waals surface area contributed by atoms with E-state index in [0.717, 1.165) is 30.6 Å². The minimum atomic E-state index is 0.0191. The maximum Gasteiger partial charge on any atom is 0.0676 e. The fourth-order valence-electron chi connectivity index (χ4n) is 2.22. The van der Waals surface area contributed by atoms with Crippen LogP contribution in [0.2, 0.25) is 0 Å². The van der Waals surface area contributed by atoms with Gasteiger partial charge < -0.3 is 0 Å². The number of nitrogens with zero attached hydrogens (tertiary/aromatic N) is 3. The molecule has 2 aromatic heterocycles. The van der Waals surface area contributed by atoms with Gasteiger partial charge in [-0.2, -0.15) is 5.10 Å². The Hall–Kier alpha value is -1.72. The van der Waals surface area contributed by atoms with Crippen molar-refractivity contribution in [3.63, 3.8) is 0 Å². The molecule has 0 spiro atoms. The first-order valence-corrected chi connectivity index (χ1v) is 6.69. The molecule has 0 aliphatic carbocycles. The molecule has 0 fully saturated rings. The van der Waals surface area contributed by atoms with E-state index in [1.165, 1.54) is 5.56 Å². The summed E-state index contributed by atoms with van der Waals surface area (Å²) >= 11 is 0. The largest absolute Gasteiger partial charge is 0.273 e. The second-order valence-corrected chi connectivity index (χ2v) is 4.53. The van der Waals surface area contributed by atoms with Crippen LogP contribution >= 0.6 is 0 Å². The van der Waals surface area contributed by atoms with E-state index in [9.17, 15) is 0 Å². The Balaban J connectivity index is 2.19. The second kappa shape index (κ2) is 6.45. The van der Waals surface area contributed by atoms with Crippen molar-refractivity contribution in [2.24, 2.45) is 5.84 Å². The van der Waals surface area contributed by atoms with Gasteiger partial charge in [0.1, 0.15) is 0 Å². The van der Waals surface area contributed by atoms with Gasteiger partial charge in [0.25, 0.3) is 0 Å². The van der Waals surface area contributed by atoms with Crippen LogP contribution in [-0.4, -0.2) is 14.8 Å². The molecule has 0 aliphatic rings. The summed E-state index contributed by atoms with van der Waals surface area (Å²) in [5.41, 5.74) is 6.29. The van der Waals surface area contributed by atoms with Crippen LogP contribution in [0, 0.1) is 0 Å². The highest BCUT2D eigenvalue weighted by molar-refractivity contribution is 5.24. The number of hydrogen-bond donors (Lipinski definition) is 2. The SMILES string of the molecule is CCc1cccnc1C(Cc1cnn(CC)c1)NN. The summed E-state index contributed by atoms with van der Waals surface area (Å²) in [6, 6.07) is 4.08. The summed E-state index contributed by atoms with van der Waals surface area (Å²) in [7, 11) is 0. The van der Waals surface area contributed by atoms with Crippen molar-refractivity contribution in [2.75, 3.05) is 0 Å². The Morgan fingerprint density at radius 2 is 2.26 bits per heavy atom. The predicted octanol–water partition coefficient (Wildman–Crippen LogP) is 1.61. The van der Waals surface area contributed by atoms with Crippen LogP contribution in [0.3, 0.4) is 0 Å². The van der Waals surface area contributed by atoms with Crippen molar-refractivity contribution in [3.05, 3.63) is 47.5 Å². The molecule has 1 atom stereocenters. The zero-order chi connectivity index (χ0) is 13.7. The summed E-state index contributed by atoms with van der Waals surface area (Å²) in [5.74, 6) is 5.70. The summed E-state index contributed by atoms with van der Waals surface area (Å²) in [4.78, 5) is 4.47. The van der Waals surface area contributed by atoms with Crippen LogP contribution in [0.15, 0.2) is 30.7 Å². The zero-order valence-electron chi connectivity index (χ0n) is 11.5. The van der Waals surface area contributed by atoms with Crippen molar-refractivity contribution >= 4 is 0 Å². The summed E-state index contributed by atoms with van der Waals surface area (Å²) in [6.45, 7) is 5.08. The van der Waals surface area contributed by atoms with E-state index in [1.807, 2.05) is 23.1 Å². The average Bonchev–Trinajstić information content (AvgIpc) is 2.92. The molecule has 2 aromatic rings. The summed E-state index contributed by atoms with van der Waals surface area (Å²) < 4.78 is 1.92. The highest BCUT2D eigenvalue weighted by Crippen LogP contribution is 2.19. The van der Waals surface area contributed by atoms with Crippen molar-refractivity contribution in [2.45, 2.75) is 39.3 Å². The molecule has 0 bridgehead atoms. The third kappa shape index (κ3) is 3.19. The van der Waals surface area contributed by atoms with E-state index < -0.39 is 0 Å². The third-order valence-electron chi connectivity index (χ3n) is 3.29. The molecule has 0 saturated carbocycles. The fourth-order valence-corrected chi connectivity index (χ4v) is 2.22. The quantitative estimate of drug-likeness (QED) is 0.611. The van der Waals surface area contributed by atoms with Gasteiger partial charge in [-0.3, -0.25) is 20.9 Å². The first-order chi connectivity index (χ1) is 9.28. The lowest BCUT2D eigenvalue weighted by molar-refractivity contribution is 0.533. The van der Waals surface area contributed by atoms with E-state index in [0.29, 0.717) is 0 Å². The number of nitrogens with two attached hydrogens (primary N) is 1. The second-order valence-electron chi connectivity index (χ2n) is 4.53. The topological polar surface area (TPSA) is 68.8 Å². The number of pyridine rings is 1. The van der Waals surface area contributed by atoms with E-state index in [4.69, 9.17) is 5.84 Å². The van der Waals surface area contributed by atoms with Crippen molar-refractivity contribution in [1.82, 2.24) is 20.2 Å². The molecule has 19 heavy (non-hydrogen) atoms. The van der Waals surface area contributed by atoms with Gasteiger partial charge >= 0.3 is 0 Å². The summed E-state index contributed by atoms with van der Waals surface area (Å²) in [6.07, 6.45) is 7.51. The van der Waals surface area contributed by atoms with E-state index >= 15 is 0 Å². The molecule has 2 rings (SSSR count). The first-order valence-electron chi connectivity index (χ1n) is 6.69. The number of rotatable bonds is 6. The standard InChI is InChI=1S/C14H21N5/c1-3-12-6-5-7-16-14(12)13(18-15)8-11-9-17-19(4-2)10-11/h5-7,9-10,13,18H,3-4,8,15H2,1-2H3. The van der Waals surface area contributed by atoms with E-state index in [-0.39, 0.29) is 6.04 Å². The highest BCUT2D eigenvalue weighted by atomic mass is 15.3. The van der Waals surface area contributed by atoms with Gasteiger partial charge in [-0.1, -0.05) is 13.0 Å². The summed E-state index contributed by atoms with van der Waals surface area (Å²) in [5, 5.41) is 4.29. The van der Waals surface area contributed by atoms with Crippen LogP contribution in [0.5, 0.6) is 0 Å². The van der Waals surface area contributed by atoms with Gasteiger partial charge in [0.05, 0.1) is 17.9 Å². The van der Waals surface area contributed by atoms with Crippen LogP contribution in [0.4, 0.5) is 0 Å². The average molecular weight is 259 g/mol. The zero-order valence-corrected chi connectivity index (χ0v) is 11.5. The number of hydrazine groups is 1. The van der Waals surface area contributed by atoms with Gasteiger partial charge in [-0.25, -0.2) is 0 Å². The molecule has 1 unspecified atom stereocenters. The monoisotopic (exact) mass is 259 g/mol. The molecule has 0 aliphatic heterocycles. The molecular weight excluding hydrogens is 238 g/mol. The lowest BCUT2D eigenvalue weighted by Gasteiger charge is -2.17. The maximum atomic E-state index is 5.70. The van der Waals surface area contributed by atoms with Crippen molar-refractivity contribution in [3.8, 4) is 0 Å². The minimum Gasteiger partial charge on any atom is -0.273 e. The number of aryl methyl sites for hydroxylation is 2. The van der Waals surface area contributed by atoms with Crippen molar-refractivity contribution < 1.29 is 0 Å². The Morgan fingerprint density at radius 3 is 2.89 bits per heavy atom. The van der Waals surface area contributed by atoms with Gasteiger partial charge in [0.2, 0.25) is 0 Å². The lowest BCUT2D eigenvalue weighted by atomic mass is 10.0. The normalized spacial score (nSPS) is 12.6. The maximum absolute atomic E-state index is 5.70. The van der Waals surface area contributed by atoms with Crippen molar-refractivity contribution in [1.29, 1.82) is 0 Å². The minimum absolute atomic E-state index is 0.0191. The Bertz CT molecular complexity index is 520. The van der Waals surface area contributed by atoms with Gasteiger partial charge in [-0.05, 0) is 37.0 Å². The molecule has 0 saturated heterocycles. The third-order valence-corrected chi connectivity index (χ3v) is 3.29. The van der Waals surface area contributed by atoms with Crippen LogP contribution < -0.4 is 11.3 Å². The Morgan fingerprint density at radius 1 is 1.42 bits per heavy atom. The number of hydrogen-bond acceptors (Lipinski definition) is 4. The van der Waals surface area contributed by atoms with E-state index in [1.54, 1.807) is 0 Å². The van der Waals surface area contributed by atoms with Gasteiger partial charge in [0, 0.05) is 18.9 Å². The molecule has 3 N–H and O–H groups in total. The molecule has 0 amide bonds. The van der Waals surface area contributed by atoms with Crippen LogP contribution in [0.25, 0.3) is 0 Å². The highest BCUT2D eigenvalue weighted by Gasteiger charge is 2.16. The molecule has 5 nitrogen and oxygen atoms in total. The molecule has 0 radical (unpaired) electrons. The Kier molecular flexibility index (Phi) is 4.65. The molecule has 102 valence electrons. The molecular formula is C14H21N5. The predicted molar refractivity (Wildman–Crippen MR) is 75.3 cm³/mol. The Labute approximate surface area is 113 Å². The molecule has 5 heteroatoms. The van der Waals surface area contributed by atoms with Gasteiger partial charge in [-0.15, -0.1) is 0 Å². The van der Waals surface area contributed by atoms with Gasteiger partial charge in [0.15, 0.2) is 0 Å². The van der Waals surface area contributed by atoms with E-state index in [2.05, 4.69) is 41.6 Å². The molecule has 2 heterocycles. The lowest BCUT2D eigenvalue weighted by Crippen LogP contribution is -2.31. The van der Waals surface area contributed by atoms with Crippen LogP contribution in [-0.2, 0) is 19.4 Å². The smallest absolute Gasteiger partial charge is 0.0676 e. The number of nitrogens with one attached hydrogen (secondary N) is 1.